The summed E-state index contributed by atoms with van der Waals surface area (Å²) in [5.41, 5.74) is 8.00. The predicted octanol–water partition coefficient (Wildman–Crippen LogP) is 2.55. The van der Waals surface area contributed by atoms with Gasteiger partial charge in [-0.2, -0.15) is 4.31 Å². The van der Waals surface area contributed by atoms with Gasteiger partial charge in [-0.25, -0.2) is 8.42 Å². The molecule has 5 heteroatoms. The Kier molecular flexibility index (Phi) is 4.12. The molecule has 4 nitrogen and oxygen atoms in total. The van der Waals surface area contributed by atoms with E-state index in [1.54, 1.807) is 10.4 Å². The number of rotatable bonds is 2. The van der Waals surface area contributed by atoms with Gasteiger partial charge in [0.25, 0.3) is 0 Å². The van der Waals surface area contributed by atoms with Gasteiger partial charge in [0, 0.05) is 13.1 Å². The van der Waals surface area contributed by atoms with Crippen LogP contribution < -0.4 is 5.73 Å². The molecular formula is C15H24N2O2S. The van der Waals surface area contributed by atoms with Crippen LogP contribution in [0.5, 0.6) is 0 Å². The Morgan fingerprint density at radius 1 is 1.20 bits per heavy atom. The summed E-state index contributed by atoms with van der Waals surface area (Å²) in [7, 11) is -3.49. The lowest BCUT2D eigenvalue weighted by Crippen LogP contribution is -2.42. The third kappa shape index (κ3) is 2.56. The van der Waals surface area contributed by atoms with Crippen molar-refractivity contribution in [2.45, 2.75) is 39.0 Å². The first kappa shape index (κ1) is 15.3. The van der Waals surface area contributed by atoms with Gasteiger partial charge in [-0.3, -0.25) is 0 Å². The molecular weight excluding hydrogens is 272 g/mol. The van der Waals surface area contributed by atoms with Crippen molar-refractivity contribution in [1.29, 1.82) is 0 Å². The first-order valence-corrected chi connectivity index (χ1v) is 8.55. The SMILES string of the molecule is Cc1ccc(N)c(S(=O)(=O)N2CCC(C)C(C)C2)c1C. The van der Waals surface area contributed by atoms with Crippen LogP contribution >= 0.6 is 0 Å². The summed E-state index contributed by atoms with van der Waals surface area (Å²) in [5, 5.41) is 0. The van der Waals surface area contributed by atoms with E-state index in [1.807, 2.05) is 19.9 Å². The van der Waals surface area contributed by atoms with Crippen LogP contribution in [-0.4, -0.2) is 25.8 Å². The van der Waals surface area contributed by atoms with E-state index >= 15 is 0 Å². The van der Waals surface area contributed by atoms with Crippen LogP contribution in [0.15, 0.2) is 17.0 Å². The Morgan fingerprint density at radius 3 is 2.45 bits per heavy atom. The van der Waals surface area contributed by atoms with Crippen molar-refractivity contribution in [1.82, 2.24) is 4.31 Å². The van der Waals surface area contributed by atoms with Crippen LogP contribution in [0.1, 0.15) is 31.4 Å². The highest BCUT2D eigenvalue weighted by atomic mass is 32.2. The average molecular weight is 296 g/mol. The first-order chi connectivity index (χ1) is 9.25. The van der Waals surface area contributed by atoms with Crippen molar-refractivity contribution in [3.63, 3.8) is 0 Å². The minimum atomic E-state index is -3.49. The quantitative estimate of drug-likeness (QED) is 0.853. The van der Waals surface area contributed by atoms with Crippen LogP contribution in [-0.2, 0) is 10.0 Å². The van der Waals surface area contributed by atoms with Crippen LogP contribution in [0, 0.1) is 25.7 Å². The van der Waals surface area contributed by atoms with Gasteiger partial charge >= 0.3 is 0 Å². The van der Waals surface area contributed by atoms with Crippen molar-refractivity contribution in [2.24, 2.45) is 11.8 Å². The second-order valence-corrected chi connectivity index (χ2v) is 7.91. The summed E-state index contributed by atoms with van der Waals surface area (Å²) < 4.78 is 27.4. The zero-order valence-electron chi connectivity index (χ0n) is 12.7. The summed E-state index contributed by atoms with van der Waals surface area (Å²) in [6.45, 7) is 9.19. The van der Waals surface area contributed by atoms with Gasteiger partial charge in [-0.1, -0.05) is 19.9 Å². The van der Waals surface area contributed by atoms with Crippen molar-refractivity contribution in [3.05, 3.63) is 23.3 Å². The fraction of sp³-hybridized carbons (Fsp3) is 0.600. The molecule has 1 heterocycles. The third-order valence-electron chi connectivity index (χ3n) is 4.60. The lowest BCUT2D eigenvalue weighted by atomic mass is 9.90. The maximum Gasteiger partial charge on any atom is 0.245 e. The Labute approximate surface area is 122 Å². The molecule has 1 fully saturated rings. The number of sulfonamides is 1. The topological polar surface area (TPSA) is 63.4 Å². The molecule has 2 N–H and O–H groups in total. The van der Waals surface area contributed by atoms with E-state index in [1.165, 1.54) is 0 Å². The second kappa shape index (κ2) is 5.37. The number of nitrogens with zero attached hydrogens (tertiary/aromatic N) is 1. The van der Waals surface area contributed by atoms with Gasteiger partial charge in [0.05, 0.1) is 5.69 Å². The minimum absolute atomic E-state index is 0.291. The molecule has 0 saturated carbocycles. The molecule has 0 amide bonds. The number of aryl methyl sites for hydroxylation is 1. The summed E-state index contributed by atoms with van der Waals surface area (Å²) in [5.74, 6) is 0.947. The van der Waals surface area contributed by atoms with E-state index in [4.69, 9.17) is 5.73 Å². The molecule has 1 saturated heterocycles. The molecule has 0 aromatic heterocycles. The van der Waals surface area contributed by atoms with E-state index in [0.717, 1.165) is 17.5 Å². The van der Waals surface area contributed by atoms with Crippen molar-refractivity contribution >= 4 is 15.7 Å². The zero-order chi connectivity index (χ0) is 15.1. The first-order valence-electron chi connectivity index (χ1n) is 7.11. The number of benzene rings is 1. The van der Waals surface area contributed by atoms with Crippen LogP contribution in [0.4, 0.5) is 5.69 Å². The molecule has 0 bridgehead atoms. The monoisotopic (exact) mass is 296 g/mol. The van der Waals surface area contributed by atoms with Gasteiger partial charge in [0.2, 0.25) is 10.0 Å². The number of hydrogen-bond acceptors (Lipinski definition) is 3. The maximum atomic E-state index is 12.9. The number of nitrogen functional groups attached to an aromatic ring is 1. The molecule has 2 unspecified atom stereocenters. The molecule has 20 heavy (non-hydrogen) atoms. The predicted molar refractivity (Wildman–Crippen MR) is 82.0 cm³/mol. The smallest absolute Gasteiger partial charge is 0.245 e. The Morgan fingerprint density at radius 2 is 1.85 bits per heavy atom. The molecule has 2 rings (SSSR count). The molecule has 0 spiro atoms. The highest BCUT2D eigenvalue weighted by molar-refractivity contribution is 7.89. The molecule has 1 aliphatic rings. The lowest BCUT2D eigenvalue weighted by Gasteiger charge is -2.35. The summed E-state index contributed by atoms with van der Waals surface area (Å²) in [6.07, 6.45) is 0.908. The molecule has 1 aromatic rings. The van der Waals surface area contributed by atoms with E-state index < -0.39 is 10.0 Å². The molecule has 0 radical (unpaired) electrons. The van der Waals surface area contributed by atoms with Crippen LogP contribution in [0.3, 0.4) is 0 Å². The Balaban J connectivity index is 2.44. The van der Waals surface area contributed by atoms with Gasteiger partial charge < -0.3 is 5.73 Å². The molecule has 112 valence electrons. The van der Waals surface area contributed by atoms with Crippen molar-refractivity contribution in [2.75, 3.05) is 18.8 Å². The van der Waals surface area contributed by atoms with Crippen molar-refractivity contribution in [3.8, 4) is 0 Å². The summed E-state index contributed by atoms with van der Waals surface area (Å²) in [4.78, 5) is 0.291. The lowest BCUT2D eigenvalue weighted by molar-refractivity contribution is 0.212. The largest absolute Gasteiger partial charge is 0.398 e. The van der Waals surface area contributed by atoms with E-state index in [2.05, 4.69) is 13.8 Å². The third-order valence-corrected chi connectivity index (χ3v) is 6.67. The molecule has 0 aliphatic carbocycles. The fourth-order valence-electron chi connectivity index (χ4n) is 2.73. The summed E-state index contributed by atoms with van der Waals surface area (Å²) >= 11 is 0. The standard InChI is InChI=1S/C15H24N2O2S/c1-10-7-8-17(9-12(10)3)20(18,19)15-13(4)11(2)5-6-14(15)16/h5-6,10,12H,7-9,16H2,1-4H3. The highest BCUT2D eigenvalue weighted by Gasteiger charge is 2.33. The van der Waals surface area contributed by atoms with Crippen molar-refractivity contribution < 1.29 is 8.42 Å². The normalized spacial score (nSPS) is 24.8. The number of nitrogens with two attached hydrogens (primary N) is 1. The highest BCUT2D eigenvalue weighted by Crippen LogP contribution is 2.32. The molecule has 2 atom stereocenters. The zero-order valence-corrected chi connectivity index (χ0v) is 13.5. The Hall–Kier alpha value is -1.07. The molecule has 1 aliphatic heterocycles. The van der Waals surface area contributed by atoms with E-state index in [0.29, 0.717) is 35.5 Å². The molecule has 1 aromatic carbocycles. The number of anilines is 1. The van der Waals surface area contributed by atoms with E-state index in [9.17, 15) is 8.42 Å². The van der Waals surface area contributed by atoms with Gasteiger partial charge in [-0.15, -0.1) is 0 Å². The van der Waals surface area contributed by atoms with Crippen LogP contribution in [0.25, 0.3) is 0 Å². The Bertz CT molecular complexity index is 611. The van der Waals surface area contributed by atoms with Gasteiger partial charge in [0.1, 0.15) is 4.90 Å². The van der Waals surface area contributed by atoms with Gasteiger partial charge in [-0.05, 0) is 49.3 Å². The van der Waals surface area contributed by atoms with Gasteiger partial charge in [0.15, 0.2) is 0 Å². The number of piperidine rings is 1. The average Bonchev–Trinajstić information content (AvgIpc) is 2.37. The minimum Gasteiger partial charge on any atom is -0.398 e. The second-order valence-electron chi connectivity index (χ2n) is 6.03. The fourth-order valence-corrected chi connectivity index (χ4v) is 4.67. The number of hydrogen-bond donors (Lipinski definition) is 1. The maximum absolute atomic E-state index is 12.9. The van der Waals surface area contributed by atoms with Crippen LogP contribution in [0.2, 0.25) is 0 Å². The van der Waals surface area contributed by atoms with E-state index in [-0.39, 0.29) is 0 Å². The summed E-state index contributed by atoms with van der Waals surface area (Å²) in [6, 6.07) is 3.55.